The largest absolute Gasteiger partial charge is 0.497 e. The molecule has 135 valence electrons. The van der Waals surface area contributed by atoms with Crippen molar-refractivity contribution in [3.63, 3.8) is 0 Å². The Kier molecular flexibility index (Phi) is 4.67. The van der Waals surface area contributed by atoms with Crippen LogP contribution < -0.4 is 9.47 Å². The molecule has 0 amide bonds. The van der Waals surface area contributed by atoms with Gasteiger partial charge < -0.3 is 14.0 Å². The number of hydrogen-bond donors (Lipinski definition) is 0. The molecule has 3 heteroatoms. The van der Waals surface area contributed by atoms with Crippen LogP contribution in [0.2, 0.25) is 0 Å². The van der Waals surface area contributed by atoms with E-state index < -0.39 is 0 Å². The summed E-state index contributed by atoms with van der Waals surface area (Å²) in [6, 6.07) is 20.4. The lowest BCUT2D eigenvalue weighted by Gasteiger charge is -2.08. The normalized spacial score (nSPS) is 10.3. The Bertz CT molecular complexity index is 1200. The Morgan fingerprint density at radius 1 is 0.821 bits per heavy atom. The zero-order valence-corrected chi connectivity index (χ0v) is 15.7. The number of hydrogen-bond acceptors (Lipinski definition) is 2. The van der Waals surface area contributed by atoms with Crippen LogP contribution in [0.4, 0.5) is 0 Å². The minimum Gasteiger partial charge on any atom is -0.497 e. The fourth-order valence-electron chi connectivity index (χ4n) is 3.37. The number of ether oxygens (including phenoxy) is 2. The number of fused-ring (bicyclic) bond motifs is 3. The molecule has 3 nitrogen and oxygen atoms in total. The van der Waals surface area contributed by atoms with Crippen molar-refractivity contribution in [3.05, 3.63) is 72.6 Å². The Balaban J connectivity index is 1.93. The number of methoxy groups -OCH3 is 2. The second-order valence-electron chi connectivity index (χ2n) is 6.23. The monoisotopic (exact) mass is 364 g/mol. The lowest BCUT2D eigenvalue weighted by molar-refractivity contribution is 0.415. The highest BCUT2D eigenvalue weighted by atomic mass is 16.5. The molecule has 1 aromatic heterocycles. The summed E-state index contributed by atoms with van der Waals surface area (Å²) in [5.74, 6) is 9.93. The topological polar surface area (TPSA) is 23.4 Å². The molecule has 0 saturated carbocycles. The quantitative estimate of drug-likeness (QED) is 0.478. The fraction of sp³-hybridized carbons (Fsp3) is 0.0800. The minimum atomic E-state index is 0.824. The lowest BCUT2D eigenvalue weighted by Crippen LogP contribution is -1.94. The second kappa shape index (κ2) is 7.43. The van der Waals surface area contributed by atoms with Gasteiger partial charge in [0.25, 0.3) is 0 Å². The van der Waals surface area contributed by atoms with Crippen LogP contribution >= 0.6 is 0 Å². The van der Waals surface area contributed by atoms with Crippen LogP contribution in [0.3, 0.4) is 0 Å². The van der Waals surface area contributed by atoms with E-state index >= 15 is 0 Å². The van der Waals surface area contributed by atoms with Gasteiger partial charge in [-0.1, -0.05) is 17.8 Å². The molecule has 0 atom stereocenters. The molecule has 0 aliphatic rings. The maximum Gasteiger partial charge on any atom is 0.119 e. The van der Waals surface area contributed by atoms with E-state index in [1.807, 2.05) is 24.3 Å². The van der Waals surface area contributed by atoms with E-state index in [9.17, 15) is 0 Å². The summed E-state index contributed by atoms with van der Waals surface area (Å²) in [4.78, 5) is 0. The maximum absolute atomic E-state index is 5.43. The van der Waals surface area contributed by atoms with Crippen LogP contribution in [-0.4, -0.2) is 18.8 Å². The van der Waals surface area contributed by atoms with Crippen molar-refractivity contribution in [2.45, 2.75) is 0 Å². The number of aromatic nitrogens is 1. The van der Waals surface area contributed by atoms with E-state index in [4.69, 9.17) is 15.9 Å². The minimum absolute atomic E-state index is 0.824. The molecular weight excluding hydrogens is 346 g/mol. The summed E-state index contributed by atoms with van der Waals surface area (Å²) >= 11 is 0. The van der Waals surface area contributed by atoms with Crippen LogP contribution in [0, 0.1) is 30.6 Å². The number of benzene rings is 3. The Morgan fingerprint density at radius 3 is 1.89 bits per heavy atom. The highest BCUT2D eigenvalue weighted by Crippen LogP contribution is 2.36. The van der Waals surface area contributed by atoms with E-state index in [0.717, 1.165) is 44.6 Å². The highest BCUT2D eigenvalue weighted by Gasteiger charge is 2.14. The van der Waals surface area contributed by atoms with Crippen molar-refractivity contribution >= 4 is 21.8 Å². The van der Waals surface area contributed by atoms with E-state index in [1.165, 1.54) is 6.42 Å². The van der Waals surface area contributed by atoms with Crippen molar-refractivity contribution in [3.8, 4) is 41.4 Å². The predicted molar refractivity (Wildman–Crippen MR) is 114 cm³/mol. The molecule has 0 saturated heterocycles. The van der Waals surface area contributed by atoms with Crippen LogP contribution in [0.1, 0.15) is 5.56 Å². The summed E-state index contributed by atoms with van der Waals surface area (Å²) in [5, 5.41) is 2.22. The summed E-state index contributed by atoms with van der Waals surface area (Å²) < 4.78 is 13.1. The van der Waals surface area contributed by atoms with Gasteiger partial charge >= 0.3 is 0 Å². The molecule has 0 aliphatic carbocycles. The Morgan fingerprint density at radius 2 is 1.39 bits per heavy atom. The van der Waals surface area contributed by atoms with Crippen molar-refractivity contribution in [2.24, 2.45) is 0 Å². The molecule has 0 unspecified atom stereocenters. The van der Waals surface area contributed by atoms with Crippen molar-refractivity contribution in [1.82, 2.24) is 4.57 Å². The maximum atomic E-state index is 5.43. The second-order valence-corrected chi connectivity index (χ2v) is 6.23. The first kappa shape index (κ1) is 17.6. The van der Waals surface area contributed by atoms with Crippen LogP contribution in [0.15, 0.2) is 60.7 Å². The van der Waals surface area contributed by atoms with E-state index in [0.29, 0.717) is 0 Å². The van der Waals surface area contributed by atoms with E-state index in [1.54, 1.807) is 14.2 Å². The van der Waals surface area contributed by atoms with Crippen molar-refractivity contribution < 1.29 is 9.47 Å². The molecule has 0 spiro atoms. The van der Waals surface area contributed by atoms with Gasteiger partial charge in [-0.25, -0.2) is 0 Å². The number of rotatable bonds is 3. The van der Waals surface area contributed by atoms with Gasteiger partial charge in [-0.3, -0.25) is 0 Å². The number of nitrogens with zero attached hydrogens (tertiary/aromatic N) is 1. The van der Waals surface area contributed by atoms with Gasteiger partial charge in [0.1, 0.15) is 17.9 Å². The third-order valence-electron chi connectivity index (χ3n) is 4.68. The fourth-order valence-corrected chi connectivity index (χ4v) is 3.37. The first-order valence-electron chi connectivity index (χ1n) is 8.81. The summed E-state index contributed by atoms with van der Waals surface area (Å²) in [7, 11) is 3.36. The van der Waals surface area contributed by atoms with Gasteiger partial charge in [-0.05, 0) is 60.7 Å². The van der Waals surface area contributed by atoms with Crippen molar-refractivity contribution in [2.75, 3.05) is 14.2 Å². The molecule has 1 radical (unpaired) electrons. The average Bonchev–Trinajstić information content (AvgIpc) is 3.07. The smallest absolute Gasteiger partial charge is 0.119 e. The molecule has 4 rings (SSSR count). The van der Waals surface area contributed by atoms with Gasteiger partial charge in [-0.15, -0.1) is 6.42 Å². The molecule has 0 N–H and O–H groups in total. The molecule has 0 aliphatic heterocycles. The van der Waals surface area contributed by atoms with E-state index in [2.05, 4.69) is 58.7 Å². The lowest BCUT2D eigenvalue weighted by atomic mass is 10.1. The zero-order chi connectivity index (χ0) is 19.5. The molecule has 1 heterocycles. The standard InChI is InChI=1S/C25H18NO2/c1-4-5-6-7-18-8-10-19(11-9-18)26-24-14-12-20(27-2)16-22(24)23-17-21(28-3)13-15-25(23)26/h1,5,8-17H,2-3H3. The number of terminal acetylenes is 1. The summed E-state index contributed by atoms with van der Waals surface area (Å²) in [6.07, 6.45) is 6.70. The average molecular weight is 364 g/mol. The Hall–Kier alpha value is -3.82. The summed E-state index contributed by atoms with van der Waals surface area (Å²) in [5.41, 5.74) is 4.17. The third kappa shape index (κ3) is 3.04. The summed E-state index contributed by atoms with van der Waals surface area (Å²) in [6.45, 7) is 0. The molecule has 4 aromatic rings. The van der Waals surface area contributed by atoms with Gasteiger partial charge in [0.15, 0.2) is 0 Å². The molecule has 28 heavy (non-hydrogen) atoms. The highest BCUT2D eigenvalue weighted by molar-refractivity contribution is 6.10. The van der Waals surface area contributed by atoms with E-state index in [-0.39, 0.29) is 0 Å². The zero-order valence-electron chi connectivity index (χ0n) is 15.7. The van der Waals surface area contributed by atoms with Crippen molar-refractivity contribution in [1.29, 1.82) is 0 Å². The van der Waals surface area contributed by atoms with Gasteiger partial charge in [0, 0.05) is 22.0 Å². The van der Waals surface area contributed by atoms with Gasteiger partial charge in [-0.2, -0.15) is 0 Å². The molecule has 0 fully saturated rings. The first-order chi connectivity index (χ1) is 13.7. The van der Waals surface area contributed by atoms with Crippen LogP contribution in [0.25, 0.3) is 27.5 Å². The van der Waals surface area contributed by atoms with Crippen LogP contribution in [-0.2, 0) is 0 Å². The molecule has 3 aromatic carbocycles. The van der Waals surface area contributed by atoms with Gasteiger partial charge in [0.2, 0.25) is 0 Å². The van der Waals surface area contributed by atoms with Crippen LogP contribution in [0.5, 0.6) is 11.5 Å². The van der Waals surface area contributed by atoms with Gasteiger partial charge in [0.05, 0.1) is 25.3 Å². The Labute approximate surface area is 164 Å². The molecular formula is C25H18NO2. The first-order valence-corrected chi connectivity index (χ1v) is 8.81. The predicted octanol–water partition coefficient (Wildman–Crippen LogP) is 4.99. The molecule has 0 bridgehead atoms. The SMILES string of the molecule is C#C[CH]C#Cc1ccc(-n2c3ccc(OC)cc3c3cc(OC)ccc32)cc1. The third-order valence-corrected chi connectivity index (χ3v) is 4.68.